The van der Waals surface area contributed by atoms with Crippen molar-refractivity contribution in [3.05, 3.63) is 24.2 Å². The minimum atomic E-state index is 0. The molecule has 0 aliphatic heterocycles. The van der Waals surface area contributed by atoms with Crippen molar-refractivity contribution < 1.29 is 9.15 Å². The van der Waals surface area contributed by atoms with Gasteiger partial charge < -0.3 is 19.8 Å². The van der Waals surface area contributed by atoms with Crippen molar-refractivity contribution in [3.8, 4) is 0 Å². The maximum atomic E-state index is 5.38. The molecular weight excluding hydrogens is 417 g/mol. The van der Waals surface area contributed by atoms with Gasteiger partial charge in [-0.05, 0) is 37.8 Å². The van der Waals surface area contributed by atoms with E-state index in [1.54, 1.807) is 6.26 Å². The fraction of sp³-hybridized carbons (Fsp3) is 0.722. The van der Waals surface area contributed by atoms with Crippen molar-refractivity contribution in [2.24, 2.45) is 10.9 Å². The third-order valence-corrected chi connectivity index (χ3v) is 4.39. The lowest BCUT2D eigenvalue weighted by Gasteiger charge is -2.31. The Balaban J connectivity index is 0.00000288. The summed E-state index contributed by atoms with van der Waals surface area (Å²) in [6.07, 6.45) is 7.76. The van der Waals surface area contributed by atoms with E-state index < -0.39 is 0 Å². The highest BCUT2D eigenvalue weighted by Gasteiger charge is 2.21. The van der Waals surface area contributed by atoms with E-state index in [1.165, 1.54) is 25.7 Å². The monoisotopic (exact) mass is 449 g/mol. The summed E-state index contributed by atoms with van der Waals surface area (Å²) in [5, 5.41) is 7.04. The number of halogens is 1. The van der Waals surface area contributed by atoms with E-state index in [4.69, 9.17) is 9.15 Å². The molecule has 0 spiro atoms. The summed E-state index contributed by atoms with van der Waals surface area (Å²) in [5.41, 5.74) is 0. The van der Waals surface area contributed by atoms with Gasteiger partial charge in [0.2, 0.25) is 0 Å². The van der Waals surface area contributed by atoms with E-state index in [0.717, 1.165) is 31.3 Å². The van der Waals surface area contributed by atoms with Gasteiger partial charge >= 0.3 is 0 Å². The molecule has 5 nitrogen and oxygen atoms in total. The topological polar surface area (TPSA) is 58.8 Å². The van der Waals surface area contributed by atoms with E-state index in [-0.39, 0.29) is 24.0 Å². The maximum Gasteiger partial charge on any atom is 0.191 e. The van der Waals surface area contributed by atoms with E-state index in [2.05, 4.69) is 22.5 Å². The van der Waals surface area contributed by atoms with Crippen LogP contribution >= 0.6 is 24.0 Å². The zero-order chi connectivity index (χ0) is 16.3. The summed E-state index contributed by atoms with van der Waals surface area (Å²) in [7, 11) is 0. The van der Waals surface area contributed by atoms with E-state index in [9.17, 15) is 0 Å². The van der Waals surface area contributed by atoms with Gasteiger partial charge in [0.25, 0.3) is 0 Å². The fourth-order valence-corrected chi connectivity index (χ4v) is 2.98. The molecule has 24 heavy (non-hydrogen) atoms. The van der Waals surface area contributed by atoms with Crippen molar-refractivity contribution in [2.45, 2.75) is 52.0 Å². The summed E-state index contributed by atoms with van der Waals surface area (Å²) in [6, 6.07) is 4.45. The van der Waals surface area contributed by atoms with Crippen molar-refractivity contribution in [3.63, 3.8) is 0 Å². The molecule has 1 saturated carbocycles. The lowest BCUT2D eigenvalue weighted by molar-refractivity contribution is 0.155. The number of nitrogens with zero attached hydrogens (tertiary/aromatic N) is 1. The normalized spacial score (nSPS) is 21.2. The second kappa shape index (κ2) is 12.6. The molecule has 1 aromatic rings. The Bertz CT molecular complexity index is 451. The zero-order valence-electron chi connectivity index (χ0n) is 14.9. The Morgan fingerprint density at radius 1 is 1.38 bits per heavy atom. The Hall–Kier alpha value is -0.760. The van der Waals surface area contributed by atoms with Gasteiger partial charge in [-0.15, -0.1) is 24.0 Å². The zero-order valence-corrected chi connectivity index (χ0v) is 17.3. The third kappa shape index (κ3) is 7.88. The van der Waals surface area contributed by atoms with Gasteiger partial charge in [0.05, 0.1) is 19.4 Å². The van der Waals surface area contributed by atoms with Crippen molar-refractivity contribution in [2.75, 3.05) is 26.3 Å². The summed E-state index contributed by atoms with van der Waals surface area (Å²) in [6.45, 7) is 7.25. The predicted molar refractivity (Wildman–Crippen MR) is 109 cm³/mol. The molecule has 2 unspecified atom stereocenters. The standard InChI is InChI=1S/C18H31N3O2.HI/c1-3-22-14-12-20-18(19-11-10-16-8-6-13-23-16)21-17-9-5-4-7-15(17)2;/h6,8,13,15,17H,3-5,7,9-12,14H2,1-2H3,(H2,19,20,21);1H. The van der Waals surface area contributed by atoms with Gasteiger partial charge in [-0.1, -0.05) is 19.8 Å². The van der Waals surface area contributed by atoms with Crippen LogP contribution in [-0.2, 0) is 11.2 Å². The molecule has 0 radical (unpaired) electrons. The molecule has 0 saturated heterocycles. The number of guanidine groups is 1. The van der Waals surface area contributed by atoms with Crippen LogP contribution < -0.4 is 10.6 Å². The van der Waals surface area contributed by atoms with Gasteiger partial charge in [0, 0.05) is 25.6 Å². The number of hydrogen-bond acceptors (Lipinski definition) is 3. The molecular formula is C18H32IN3O2. The second-order valence-electron chi connectivity index (χ2n) is 6.20. The Kier molecular flexibility index (Phi) is 11.2. The van der Waals surface area contributed by atoms with Gasteiger partial charge in [0.15, 0.2) is 5.96 Å². The fourth-order valence-electron chi connectivity index (χ4n) is 2.98. The van der Waals surface area contributed by atoms with Crippen LogP contribution in [0.4, 0.5) is 0 Å². The first-order chi connectivity index (χ1) is 11.3. The SMILES string of the molecule is CCOCCN=C(NCCc1ccco1)NC1CCCCC1C.I. The highest BCUT2D eigenvalue weighted by atomic mass is 127. The van der Waals surface area contributed by atoms with Crippen LogP contribution in [0, 0.1) is 5.92 Å². The third-order valence-electron chi connectivity index (χ3n) is 4.39. The van der Waals surface area contributed by atoms with Crippen molar-refractivity contribution >= 4 is 29.9 Å². The van der Waals surface area contributed by atoms with Gasteiger partial charge in [-0.3, -0.25) is 4.99 Å². The predicted octanol–water partition coefficient (Wildman–Crippen LogP) is 3.59. The average molecular weight is 449 g/mol. The summed E-state index contributed by atoms with van der Waals surface area (Å²) < 4.78 is 10.8. The van der Waals surface area contributed by atoms with Crippen LogP contribution in [-0.4, -0.2) is 38.3 Å². The molecule has 1 aliphatic carbocycles. The number of nitrogens with one attached hydrogen (secondary N) is 2. The maximum absolute atomic E-state index is 5.38. The van der Waals surface area contributed by atoms with E-state index in [1.807, 2.05) is 19.1 Å². The first-order valence-corrected chi connectivity index (χ1v) is 8.94. The Morgan fingerprint density at radius 2 is 2.21 bits per heavy atom. The minimum absolute atomic E-state index is 0. The molecule has 2 N–H and O–H groups in total. The molecule has 1 heterocycles. The lowest BCUT2D eigenvalue weighted by atomic mass is 9.86. The highest BCUT2D eigenvalue weighted by molar-refractivity contribution is 14.0. The minimum Gasteiger partial charge on any atom is -0.469 e. The molecule has 1 aliphatic rings. The number of furan rings is 1. The molecule has 0 amide bonds. The second-order valence-corrected chi connectivity index (χ2v) is 6.20. The van der Waals surface area contributed by atoms with Crippen LogP contribution in [0.5, 0.6) is 0 Å². The molecule has 0 bridgehead atoms. The van der Waals surface area contributed by atoms with E-state index >= 15 is 0 Å². The lowest BCUT2D eigenvalue weighted by Crippen LogP contribution is -2.47. The Morgan fingerprint density at radius 3 is 2.92 bits per heavy atom. The molecule has 6 heteroatoms. The molecule has 1 aromatic heterocycles. The van der Waals surface area contributed by atoms with Crippen molar-refractivity contribution in [1.82, 2.24) is 10.6 Å². The number of hydrogen-bond donors (Lipinski definition) is 2. The first kappa shape index (κ1) is 21.3. The highest BCUT2D eigenvalue weighted by Crippen LogP contribution is 2.23. The van der Waals surface area contributed by atoms with E-state index in [0.29, 0.717) is 25.1 Å². The smallest absolute Gasteiger partial charge is 0.191 e. The average Bonchev–Trinajstić information content (AvgIpc) is 3.06. The summed E-state index contributed by atoms with van der Waals surface area (Å²) in [4.78, 5) is 4.65. The van der Waals surface area contributed by atoms with Gasteiger partial charge in [0.1, 0.15) is 5.76 Å². The number of aliphatic imine (C=N–C) groups is 1. The molecule has 138 valence electrons. The first-order valence-electron chi connectivity index (χ1n) is 8.94. The molecule has 2 atom stereocenters. The van der Waals surface area contributed by atoms with Crippen LogP contribution in [0.3, 0.4) is 0 Å². The number of ether oxygens (including phenoxy) is 1. The summed E-state index contributed by atoms with van der Waals surface area (Å²) in [5.74, 6) is 2.60. The molecule has 1 fully saturated rings. The van der Waals surface area contributed by atoms with Gasteiger partial charge in [-0.2, -0.15) is 0 Å². The van der Waals surface area contributed by atoms with Crippen LogP contribution in [0.15, 0.2) is 27.8 Å². The quantitative estimate of drug-likeness (QED) is 0.276. The van der Waals surface area contributed by atoms with Crippen LogP contribution in [0.2, 0.25) is 0 Å². The molecule has 2 rings (SSSR count). The van der Waals surface area contributed by atoms with Crippen molar-refractivity contribution in [1.29, 1.82) is 0 Å². The number of rotatable bonds is 8. The van der Waals surface area contributed by atoms with Crippen LogP contribution in [0.1, 0.15) is 45.3 Å². The van der Waals surface area contributed by atoms with Crippen LogP contribution in [0.25, 0.3) is 0 Å². The molecule has 0 aromatic carbocycles. The van der Waals surface area contributed by atoms with Gasteiger partial charge in [-0.25, -0.2) is 0 Å². The largest absolute Gasteiger partial charge is 0.469 e. The Labute approximate surface area is 163 Å². The summed E-state index contributed by atoms with van der Waals surface area (Å²) >= 11 is 0.